The highest BCUT2D eigenvalue weighted by molar-refractivity contribution is 5.86. The van der Waals surface area contributed by atoms with E-state index in [-0.39, 0.29) is 182 Å². The van der Waals surface area contributed by atoms with Crippen LogP contribution in [0.25, 0.3) is 0 Å². The summed E-state index contributed by atoms with van der Waals surface area (Å²) < 4.78 is 711. The molecule has 0 bridgehead atoms. The van der Waals surface area contributed by atoms with Gasteiger partial charge in [0.05, 0.1) is 150 Å². The van der Waals surface area contributed by atoms with Gasteiger partial charge in [0, 0.05) is 235 Å². The Labute approximate surface area is 957 Å². The van der Waals surface area contributed by atoms with Crippen LogP contribution in [0.5, 0.6) is 69.0 Å². The van der Waals surface area contributed by atoms with Gasteiger partial charge in [-0.3, -0.25) is 58.2 Å². The van der Waals surface area contributed by atoms with Gasteiger partial charge in [0.2, 0.25) is 0 Å². The lowest BCUT2D eigenvalue weighted by Crippen LogP contribution is -2.46. The van der Waals surface area contributed by atoms with Crippen molar-refractivity contribution in [3.63, 3.8) is 0 Å². The summed E-state index contributed by atoms with van der Waals surface area (Å²) in [5.74, 6) is -35.3. The number of ether oxygens (including phenoxy) is 12. The molecular formula is C117H168N6O18. The first kappa shape index (κ1) is 44.2. The van der Waals surface area contributed by atoms with Gasteiger partial charge in [-0.15, -0.1) is 0 Å². The molecule has 141 heavy (non-hydrogen) atoms. The third-order valence-corrected chi connectivity index (χ3v) is 25.8. The zero-order chi connectivity index (χ0) is 172. The molecule has 0 aliphatic carbocycles. The second-order valence-corrected chi connectivity index (χ2v) is 36.1. The monoisotopic (exact) mass is 2030 g/mol. The van der Waals surface area contributed by atoms with Gasteiger partial charge < -0.3 is 56.8 Å². The molecule has 0 saturated carbocycles. The average molecular weight is 2030 g/mol. The molecule has 0 radical (unpaired) electrons. The number of nitrogens with zero attached hydrogens (tertiary/aromatic N) is 6. The quantitative estimate of drug-likeness (QED) is 0.0466. The summed E-state index contributed by atoms with van der Waals surface area (Å²) >= 11 is 0. The summed E-state index contributed by atoms with van der Waals surface area (Å²) in [6, 6.07) is -14.3. The van der Waals surface area contributed by atoms with Gasteiger partial charge >= 0.3 is 0 Å². The minimum Gasteiger partial charge on any atom is -0.493 e. The molecular weight excluding hydrogens is 1780 g/mol. The van der Waals surface area contributed by atoms with E-state index in [1.165, 1.54) is 9.80 Å². The lowest BCUT2D eigenvalue weighted by molar-refractivity contribution is -0.130. The van der Waals surface area contributed by atoms with Crippen LogP contribution < -0.4 is 56.8 Å². The summed E-state index contributed by atoms with van der Waals surface area (Å²) in [6.07, 6.45) is -25.8. The fraction of sp³-hybridized carbons (Fsp3) is 0.641. The lowest BCUT2D eigenvalue weighted by atomic mass is 9.79. The number of carbonyl (C=O) groups is 6. The molecule has 0 aromatic heterocycles. The maximum atomic E-state index is 13.8. The zero-order valence-electron chi connectivity index (χ0n) is 161. The zero-order valence-corrected chi connectivity index (χ0v) is 78.8. The van der Waals surface area contributed by atoms with Crippen LogP contribution in [0.15, 0.2) is 72.5 Å². The Kier molecular flexibility index (Phi) is 15.7. The van der Waals surface area contributed by atoms with Gasteiger partial charge in [-0.25, -0.2) is 0 Å². The maximum absolute atomic E-state index is 13.8. The fourth-order valence-electron chi connectivity index (χ4n) is 19.1. The first-order valence-electron chi connectivity index (χ1n) is 86.5. The molecule has 15 atom stereocenters. The highest BCUT2D eigenvalue weighted by Gasteiger charge is 2.47. The number of rotatable bonds is 27. The second-order valence-electron chi connectivity index (χ2n) is 36.1. The van der Waals surface area contributed by atoms with E-state index in [0.717, 1.165) is 23.1 Å². The Morgan fingerprint density at radius 1 is 0.305 bits per heavy atom. The van der Waals surface area contributed by atoms with Gasteiger partial charge in [0.1, 0.15) is 34.7 Å². The van der Waals surface area contributed by atoms with Crippen molar-refractivity contribution in [1.82, 2.24) is 29.4 Å². The minimum atomic E-state index is -3.85. The van der Waals surface area contributed by atoms with Gasteiger partial charge in [0.15, 0.2) is 69.0 Å². The number of benzene rings is 6. The molecule has 0 N–H and O–H groups in total. The van der Waals surface area contributed by atoms with E-state index in [9.17, 15) is 28.8 Å². The van der Waals surface area contributed by atoms with Crippen LogP contribution in [0, 0.1) is 70.9 Å². The Morgan fingerprint density at radius 3 is 0.865 bits per heavy atom. The Morgan fingerprint density at radius 2 is 0.546 bits per heavy atom. The predicted octanol–water partition coefficient (Wildman–Crippen LogP) is 20.6. The fourth-order valence-corrected chi connectivity index (χ4v) is 19.1. The molecule has 6 aromatic rings. The highest BCUT2D eigenvalue weighted by atomic mass is 16.5. The number of Topliss-reactive ketones (excluding diaryl/α,β-unsaturated/α-hetero) is 6. The van der Waals surface area contributed by atoms with Crippen LogP contribution in [0.3, 0.4) is 0 Å². The number of hydrogen-bond acceptors (Lipinski definition) is 24. The maximum Gasteiger partial charge on any atom is 0.161 e. The van der Waals surface area contributed by atoms with Crippen molar-refractivity contribution in [2.24, 2.45) is 70.9 Å². The molecule has 6 saturated heterocycles. The van der Waals surface area contributed by atoms with Gasteiger partial charge in [0.25, 0.3) is 0 Å². The molecule has 24 heteroatoms. The van der Waals surface area contributed by atoms with E-state index < -0.39 is 437 Å². The van der Waals surface area contributed by atoms with Crippen molar-refractivity contribution in [2.45, 2.75) is 254 Å². The normalized spacial score (nSPS) is 38.2. The lowest BCUT2D eigenvalue weighted by Gasteiger charge is -2.43. The van der Waals surface area contributed by atoms with Crippen molar-refractivity contribution in [3.05, 3.63) is 139 Å². The summed E-state index contributed by atoms with van der Waals surface area (Å²) in [5, 5.41) is 0. The molecule has 0 amide bonds. The highest BCUT2D eigenvalue weighted by Crippen LogP contribution is 2.51. The second kappa shape index (κ2) is 50.0. The molecule has 774 valence electrons. The molecule has 6 fully saturated rings. The number of carbonyl (C=O) groups excluding carboxylic acids is 6. The molecule has 18 rings (SSSR count). The summed E-state index contributed by atoms with van der Waals surface area (Å²) in [6.45, 7) is -3.20. The van der Waals surface area contributed by atoms with E-state index in [1.54, 1.807) is 4.90 Å². The Bertz CT molecular complexity index is 9090. The van der Waals surface area contributed by atoms with Crippen molar-refractivity contribution >= 4 is 34.7 Å². The third-order valence-electron chi connectivity index (χ3n) is 25.8. The van der Waals surface area contributed by atoms with E-state index in [0.29, 0.717) is 56.8 Å². The number of ketones is 6. The van der Waals surface area contributed by atoms with Crippen molar-refractivity contribution in [1.29, 1.82) is 0 Å². The molecule has 12 aliphatic rings. The van der Waals surface area contributed by atoms with Crippen LogP contribution in [0.4, 0.5) is 0 Å². The van der Waals surface area contributed by atoms with E-state index in [4.69, 9.17) is 169 Å². The minimum absolute atomic E-state index is 0.0143. The van der Waals surface area contributed by atoms with Gasteiger partial charge in [-0.05, 0) is 252 Å². The topological polar surface area (TPSA) is 233 Å². The number of methoxy groups -OCH3 is 12. The summed E-state index contributed by atoms with van der Waals surface area (Å²) in [5.41, 5.74) is 0.107. The van der Waals surface area contributed by atoms with Crippen LogP contribution in [0.2, 0.25) is 0 Å². The van der Waals surface area contributed by atoms with Gasteiger partial charge in [-0.1, -0.05) is 102 Å². The SMILES string of the molecule is [2H]c1c2c(c([2H])c(OC([2H])([2H])[2H])c1OC([2H])([2H])[2H])C1CC(=O)C(C([2H])([2H])C([2H])(C([2H])([2H])[2H])C([2H])([2H])C)C([2H])([2H])N1CC2.[2H]c1c2c(c([2H])c(OC([2H])([2H])[2H])c1OC([2H])([2H])[2H])C1CC(=O)C(C([2H])([2H])C([2H])(C([2H])([2H])[2H])C([2H])([2H])C)CN1CC2.[2H]c1c2c(c([2H])c(OC([2H])([2H])[2H])c1OC([2H])([2H])[2H])C1CC(=O)C(CC(C)C)C([2H])([2H])N1CC2.[2H]c1c2c(c([2H])c(OC([2H])([2H])[2H])c1OC([2H])([2H])[2H])C1CC(=O)C(CC(C)C)CN1CC2.[2H]c1c2c(c([2H])c(OC([2H])([2H])[2H])c1OC([2H])([2H])[2H])C1N(CC2)CC([2H])(C([2H])([2H])C([2H])(C([2H])([2H])[2H])C([2H])([2H])C)C(=O)C1([2H])[2H].[2H]c1c2c(c([2H])c(OC([2H])([2H])[2H])c1OC([2H])([2H])[2H])C1N(CC2)CC([2H])(CC(C)C)C(=O)C1([2H])[2H]. The molecule has 6 aromatic carbocycles. The molecule has 12 aliphatic heterocycles. The summed E-state index contributed by atoms with van der Waals surface area (Å²) in [4.78, 5) is 88.3. The standard InChI is InChI=1S/3C20H29NO3.3C19H27NO3/c3*1-5-13(2)8-15-12-21-7-6-14-9-19(23-3)20(24-4)10-16(14)17(21)11-18(15)22;3*1-12(2)7-14-11-20-6-5-13-8-18(22-3)19(23-4)9-15(13)16(20)10-17(14)21/h3*9-10,13,15,17H,5-8,11-12H2,1-4H3;3*8-9,12,14,16H,5-7,10-11H2,1-4H3/i2D3,3D3,4D3,5D2,8D2,9D,10D,11D2,13D,15D;2D3,3D3,4D3,5D2,8D2,9D,10D,12D2,13D;2D3,3D3,4D3,5D2,8D2,9D,10D,13D;3D3,4D3,8D,9D,10D2,14D;3D3,4D3,8D,9D,11D2;3D3,4D3,8D,9D. The first-order valence-corrected chi connectivity index (χ1v) is 45.5. The number of hydrogen-bond donors (Lipinski definition) is 0. The Hall–Kier alpha value is -9.30. The van der Waals surface area contributed by atoms with Crippen molar-refractivity contribution in [3.8, 4) is 69.0 Å². The van der Waals surface area contributed by atoms with E-state index in [2.05, 4.69) is 18.7 Å². The van der Waals surface area contributed by atoms with Crippen molar-refractivity contribution in [2.75, 3.05) is 163 Å². The van der Waals surface area contributed by atoms with Crippen LogP contribution in [-0.4, -0.2) is 227 Å². The number of piperidine rings is 6. The van der Waals surface area contributed by atoms with Crippen LogP contribution >= 0.6 is 0 Å². The van der Waals surface area contributed by atoms with Crippen LogP contribution in [-0.2, 0) is 67.3 Å². The first-order chi connectivity index (χ1) is 99.5. The summed E-state index contributed by atoms with van der Waals surface area (Å²) in [7, 11) is -37.4. The molecule has 24 nitrogen and oxygen atoms in total. The predicted molar refractivity (Wildman–Crippen MR) is 555 cm³/mol. The molecule has 12 heterocycles. The van der Waals surface area contributed by atoms with E-state index >= 15 is 0 Å². The average Bonchev–Trinajstić information content (AvgIpc) is 0.675. The van der Waals surface area contributed by atoms with E-state index in [1.807, 2.05) is 27.7 Å². The Balaban J connectivity index is 0.000000213. The largest absolute Gasteiger partial charge is 0.493 e. The van der Waals surface area contributed by atoms with Crippen molar-refractivity contribution < 1.29 is 198 Å². The third kappa shape index (κ3) is 25.6. The number of fused-ring (bicyclic) bond motifs is 18. The van der Waals surface area contributed by atoms with Crippen LogP contribution in [0.1, 0.15) is 394 Å². The molecule has 0 spiro atoms. The smallest absolute Gasteiger partial charge is 0.161 e. The molecule has 15 unspecified atom stereocenters. The van der Waals surface area contributed by atoms with Gasteiger partial charge in [-0.2, -0.15) is 0 Å².